The summed E-state index contributed by atoms with van der Waals surface area (Å²) in [5.74, 6) is 2.57. The maximum Gasteiger partial charge on any atom is 0.328 e. The Morgan fingerprint density at radius 1 is 1.41 bits per heavy atom. The maximum absolute atomic E-state index is 12.2. The summed E-state index contributed by atoms with van der Waals surface area (Å²) in [4.78, 5) is 31.1. The Hall–Kier alpha value is -1.76. The van der Waals surface area contributed by atoms with Crippen LogP contribution < -0.4 is 11.2 Å². The summed E-state index contributed by atoms with van der Waals surface area (Å²) in [6.07, 6.45) is 2.77. The lowest BCUT2D eigenvalue weighted by molar-refractivity contribution is 0.432. The summed E-state index contributed by atoms with van der Waals surface area (Å²) in [7, 11) is 0. The first-order valence-electron chi connectivity index (χ1n) is 7.42. The zero-order chi connectivity index (χ0) is 15.9. The van der Waals surface area contributed by atoms with E-state index in [2.05, 4.69) is 21.5 Å². The van der Waals surface area contributed by atoms with Crippen molar-refractivity contribution in [3.05, 3.63) is 49.8 Å². The number of rotatable bonds is 3. The van der Waals surface area contributed by atoms with Crippen LogP contribution in [-0.2, 0) is 18.7 Å². The molecule has 0 amide bonds. The molecule has 0 radical (unpaired) electrons. The predicted molar refractivity (Wildman–Crippen MR) is 87.6 cm³/mol. The van der Waals surface area contributed by atoms with E-state index in [1.165, 1.54) is 0 Å². The Labute approximate surface area is 132 Å². The standard InChI is InChI=1S/C15H20N4O2S/c1-9-6-18(11(3)16-9)10(2)7-19-13-4-5-22-8-12(13)14(20)17-15(19)21/h6,10H,4-5,7-8H2,1-3H3,(H,17,20,21). The Kier molecular flexibility index (Phi) is 3.99. The van der Waals surface area contributed by atoms with Crippen molar-refractivity contribution in [2.75, 3.05) is 5.75 Å². The van der Waals surface area contributed by atoms with Crippen molar-refractivity contribution in [2.24, 2.45) is 0 Å². The number of imidazole rings is 1. The number of aromatic nitrogens is 4. The van der Waals surface area contributed by atoms with Gasteiger partial charge in [0.25, 0.3) is 5.56 Å². The van der Waals surface area contributed by atoms with Gasteiger partial charge in [0.05, 0.1) is 11.7 Å². The van der Waals surface area contributed by atoms with E-state index in [0.717, 1.165) is 34.9 Å². The SMILES string of the molecule is Cc1cn(C(C)Cn2c3c(c(=O)[nH]c2=O)CSCC3)c(C)n1. The van der Waals surface area contributed by atoms with E-state index >= 15 is 0 Å². The zero-order valence-electron chi connectivity index (χ0n) is 13.0. The van der Waals surface area contributed by atoms with E-state index in [9.17, 15) is 9.59 Å². The second-order valence-electron chi connectivity index (χ2n) is 5.78. The largest absolute Gasteiger partial charge is 0.330 e. The Morgan fingerprint density at radius 2 is 2.18 bits per heavy atom. The molecule has 2 aromatic rings. The first-order chi connectivity index (χ1) is 10.5. The second-order valence-corrected chi connectivity index (χ2v) is 6.89. The number of nitrogens with one attached hydrogen (secondary N) is 1. The summed E-state index contributed by atoms with van der Waals surface area (Å²) >= 11 is 1.74. The summed E-state index contributed by atoms with van der Waals surface area (Å²) in [6.45, 7) is 6.53. The Morgan fingerprint density at radius 3 is 2.86 bits per heavy atom. The van der Waals surface area contributed by atoms with Crippen LogP contribution in [0.5, 0.6) is 0 Å². The van der Waals surface area contributed by atoms with Crippen LogP contribution in [0, 0.1) is 13.8 Å². The fourth-order valence-corrected chi connectivity index (χ4v) is 4.05. The van der Waals surface area contributed by atoms with Gasteiger partial charge in [0.15, 0.2) is 0 Å². The van der Waals surface area contributed by atoms with Crippen molar-refractivity contribution in [3.63, 3.8) is 0 Å². The topological polar surface area (TPSA) is 72.7 Å². The third-order valence-electron chi connectivity index (χ3n) is 4.10. The molecule has 118 valence electrons. The molecule has 0 aromatic carbocycles. The number of hydrogen-bond acceptors (Lipinski definition) is 4. The quantitative estimate of drug-likeness (QED) is 0.928. The highest BCUT2D eigenvalue weighted by molar-refractivity contribution is 7.98. The number of nitrogens with zero attached hydrogens (tertiary/aromatic N) is 3. The predicted octanol–water partition coefficient (Wildman–Crippen LogP) is 1.40. The van der Waals surface area contributed by atoms with Crippen molar-refractivity contribution in [3.8, 4) is 0 Å². The number of H-pyrrole nitrogens is 1. The molecule has 1 atom stereocenters. The van der Waals surface area contributed by atoms with Gasteiger partial charge in [-0.2, -0.15) is 11.8 Å². The highest BCUT2D eigenvalue weighted by Gasteiger charge is 2.20. The molecule has 1 unspecified atom stereocenters. The average Bonchev–Trinajstić information content (AvgIpc) is 2.82. The molecule has 3 rings (SSSR count). The molecule has 3 heterocycles. The Balaban J connectivity index is 2.00. The maximum atomic E-state index is 12.2. The van der Waals surface area contributed by atoms with Gasteiger partial charge in [-0.25, -0.2) is 9.78 Å². The van der Waals surface area contributed by atoms with E-state index in [1.54, 1.807) is 16.3 Å². The molecule has 0 fully saturated rings. The smallest absolute Gasteiger partial charge is 0.328 e. The normalized spacial score (nSPS) is 15.6. The van der Waals surface area contributed by atoms with Gasteiger partial charge in [-0.15, -0.1) is 0 Å². The van der Waals surface area contributed by atoms with Gasteiger partial charge in [-0.3, -0.25) is 14.3 Å². The van der Waals surface area contributed by atoms with Crippen molar-refractivity contribution < 1.29 is 0 Å². The molecular formula is C15H20N4O2S. The molecule has 0 saturated carbocycles. The lowest BCUT2D eigenvalue weighted by Gasteiger charge is -2.23. The highest BCUT2D eigenvalue weighted by atomic mass is 32.2. The minimum absolute atomic E-state index is 0.100. The molecule has 22 heavy (non-hydrogen) atoms. The molecule has 0 aliphatic carbocycles. The number of thioether (sulfide) groups is 1. The molecule has 2 aromatic heterocycles. The van der Waals surface area contributed by atoms with Crippen LogP contribution in [0.1, 0.15) is 35.7 Å². The first-order valence-corrected chi connectivity index (χ1v) is 8.57. The van der Waals surface area contributed by atoms with Crippen LogP contribution >= 0.6 is 11.8 Å². The highest BCUT2D eigenvalue weighted by Crippen LogP contribution is 2.22. The summed E-state index contributed by atoms with van der Waals surface area (Å²) in [5.41, 5.74) is 2.08. The summed E-state index contributed by atoms with van der Waals surface area (Å²) in [6, 6.07) is 0.100. The van der Waals surface area contributed by atoms with E-state index < -0.39 is 0 Å². The molecule has 7 heteroatoms. The minimum Gasteiger partial charge on any atom is -0.330 e. The molecule has 1 N–H and O–H groups in total. The van der Waals surface area contributed by atoms with Crippen LogP contribution in [-0.4, -0.2) is 24.9 Å². The Bertz CT molecular complexity index is 818. The van der Waals surface area contributed by atoms with Gasteiger partial charge >= 0.3 is 5.69 Å². The zero-order valence-corrected chi connectivity index (χ0v) is 13.9. The molecule has 0 bridgehead atoms. The summed E-state index contributed by atoms with van der Waals surface area (Å²) < 4.78 is 3.81. The number of hydrogen-bond donors (Lipinski definition) is 1. The van der Waals surface area contributed by atoms with Gasteiger partial charge < -0.3 is 4.57 Å². The van der Waals surface area contributed by atoms with Gasteiger partial charge in [0.2, 0.25) is 0 Å². The lowest BCUT2D eigenvalue weighted by Crippen LogP contribution is -2.38. The summed E-state index contributed by atoms with van der Waals surface area (Å²) in [5, 5.41) is 0. The first kappa shape index (κ1) is 15.1. The van der Waals surface area contributed by atoms with Gasteiger partial charge in [0, 0.05) is 29.8 Å². The lowest BCUT2D eigenvalue weighted by atomic mass is 10.2. The van der Waals surface area contributed by atoms with Crippen LogP contribution in [0.3, 0.4) is 0 Å². The van der Waals surface area contributed by atoms with Gasteiger partial charge in [-0.05, 0) is 32.9 Å². The molecular weight excluding hydrogens is 300 g/mol. The van der Waals surface area contributed by atoms with Crippen molar-refractivity contribution >= 4 is 11.8 Å². The van der Waals surface area contributed by atoms with Crippen LogP contribution in [0.2, 0.25) is 0 Å². The van der Waals surface area contributed by atoms with Crippen molar-refractivity contribution in [2.45, 2.75) is 45.5 Å². The third-order valence-corrected chi connectivity index (χ3v) is 5.09. The van der Waals surface area contributed by atoms with E-state index in [4.69, 9.17) is 0 Å². The number of fused-ring (bicyclic) bond motifs is 1. The van der Waals surface area contributed by atoms with E-state index in [-0.39, 0.29) is 17.3 Å². The molecule has 0 spiro atoms. The molecule has 0 saturated heterocycles. The van der Waals surface area contributed by atoms with Crippen LogP contribution in [0.25, 0.3) is 0 Å². The number of aryl methyl sites for hydroxylation is 2. The van der Waals surface area contributed by atoms with Crippen LogP contribution in [0.4, 0.5) is 0 Å². The molecule has 1 aliphatic heterocycles. The van der Waals surface area contributed by atoms with Gasteiger partial charge in [0.1, 0.15) is 5.82 Å². The fraction of sp³-hybridized carbons (Fsp3) is 0.533. The van der Waals surface area contributed by atoms with Gasteiger partial charge in [-0.1, -0.05) is 0 Å². The van der Waals surface area contributed by atoms with E-state index in [1.807, 2.05) is 20.0 Å². The third kappa shape index (κ3) is 2.65. The molecule has 1 aliphatic rings. The van der Waals surface area contributed by atoms with E-state index in [0.29, 0.717) is 12.3 Å². The van der Waals surface area contributed by atoms with Crippen molar-refractivity contribution in [1.82, 2.24) is 19.1 Å². The van der Waals surface area contributed by atoms with Crippen LogP contribution in [0.15, 0.2) is 15.8 Å². The molecule has 6 nitrogen and oxygen atoms in total. The fourth-order valence-electron chi connectivity index (χ4n) is 3.06. The average molecular weight is 320 g/mol. The van der Waals surface area contributed by atoms with Crippen molar-refractivity contribution in [1.29, 1.82) is 0 Å². The number of aromatic amines is 1. The monoisotopic (exact) mass is 320 g/mol. The minimum atomic E-state index is -0.308. The second kappa shape index (κ2) is 5.79.